The highest BCUT2D eigenvalue weighted by Crippen LogP contribution is 2.17. The smallest absolute Gasteiger partial charge is 0.256 e. The molecule has 0 spiro atoms. The van der Waals surface area contributed by atoms with Crippen LogP contribution >= 0.6 is 24.4 Å². The average molecular weight is 191 g/mol. The third kappa shape index (κ3) is 3.25. The summed E-state index contributed by atoms with van der Waals surface area (Å²) in [4.78, 5) is 11.0. The molecule has 0 unspecified atom stereocenters. The van der Waals surface area contributed by atoms with E-state index in [4.69, 9.17) is 5.73 Å². The number of carbonyl (C=O) groups is 1. The summed E-state index contributed by atoms with van der Waals surface area (Å²) in [6.07, 6.45) is 6.71. The second-order valence-electron chi connectivity index (χ2n) is 1.63. The van der Waals surface area contributed by atoms with Gasteiger partial charge in [-0.3, -0.25) is 4.79 Å². The average Bonchev–Trinajstić information content (AvgIpc) is 2.12. The van der Waals surface area contributed by atoms with Gasteiger partial charge in [-0.05, 0) is 12.2 Å². The highest BCUT2D eigenvalue weighted by Gasteiger charge is 2.03. The summed E-state index contributed by atoms with van der Waals surface area (Å²) in [6.45, 7) is 0. The molecule has 1 aliphatic heterocycles. The Bertz CT molecular complexity index is 235. The van der Waals surface area contributed by atoms with E-state index < -0.39 is 5.91 Å². The van der Waals surface area contributed by atoms with Crippen molar-refractivity contribution in [3.8, 4) is 0 Å². The van der Waals surface area contributed by atoms with Gasteiger partial charge in [0.25, 0.3) is 5.91 Å². The molecule has 0 radical (unpaired) electrons. The van der Waals surface area contributed by atoms with Crippen molar-refractivity contribution < 1.29 is 4.79 Å². The Morgan fingerprint density at radius 1 is 1.55 bits per heavy atom. The van der Waals surface area contributed by atoms with Crippen molar-refractivity contribution in [1.29, 1.82) is 0 Å². The molecule has 1 aliphatic rings. The Labute approximate surface area is 75.0 Å². The van der Waals surface area contributed by atoms with Gasteiger partial charge < -0.3 is 5.73 Å². The number of hydrogen-bond donors (Lipinski definition) is 1. The minimum atomic E-state index is -0.436. The van der Waals surface area contributed by atoms with Crippen molar-refractivity contribution in [2.75, 3.05) is 0 Å². The van der Waals surface area contributed by atoms with E-state index in [0.29, 0.717) is 4.91 Å². The Morgan fingerprint density at radius 2 is 2.27 bits per heavy atom. The van der Waals surface area contributed by atoms with Gasteiger partial charge in [0.1, 0.15) is 0 Å². The number of nitrogens with zero attached hydrogens (tertiary/aromatic N) is 1. The van der Waals surface area contributed by atoms with Gasteiger partial charge in [0, 0.05) is 18.2 Å². The molecular weight excluding hydrogens is 184 g/mol. The molecule has 2 N–H and O–H groups in total. The summed E-state index contributed by atoms with van der Waals surface area (Å²) in [6, 6.07) is 0. The van der Waals surface area contributed by atoms with Crippen molar-refractivity contribution in [2.45, 2.75) is 0 Å². The lowest BCUT2D eigenvalue weighted by Crippen LogP contribution is -2.10. The molecule has 0 saturated carbocycles. The summed E-state index contributed by atoms with van der Waals surface area (Å²) in [5, 5.41) is 0. The van der Waals surface area contributed by atoms with Gasteiger partial charge in [-0.25, -0.2) is 4.40 Å². The van der Waals surface area contributed by atoms with E-state index in [1.165, 1.54) is 0 Å². The minimum Gasteiger partial charge on any atom is -0.365 e. The number of halogens is 1. The first kappa shape index (κ1) is 10.3. The molecule has 1 heterocycles. The molecule has 11 heavy (non-hydrogen) atoms. The largest absolute Gasteiger partial charge is 0.365 e. The maximum atomic E-state index is 10.5. The number of amides is 1. The van der Waals surface area contributed by atoms with E-state index in [0.717, 1.165) is 11.9 Å². The number of hydrogen-bond acceptors (Lipinski definition) is 3. The minimum absolute atomic E-state index is 0. The second kappa shape index (κ2) is 4.98. The van der Waals surface area contributed by atoms with Crippen LogP contribution in [-0.4, -0.2) is 12.1 Å². The lowest BCUT2D eigenvalue weighted by Gasteiger charge is -1.91. The van der Waals surface area contributed by atoms with Gasteiger partial charge in [-0.1, -0.05) is 6.08 Å². The third-order valence-electron chi connectivity index (χ3n) is 0.900. The topological polar surface area (TPSA) is 55.5 Å². The van der Waals surface area contributed by atoms with Crippen LogP contribution < -0.4 is 5.73 Å². The van der Waals surface area contributed by atoms with Crippen LogP contribution in [0.2, 0.25) is 0 Å². The van der Waals surface area contributed by atoms with Crippen LogP contribution in [0.15, 0.2) is 27.5 Å². The predicted octanol–water partition coefficient (Wildman–Crippen LogP) is 1.07. The van der Waals surface area contributed by atoms with Gasteiger partial charge in [0.15, 0.2) is 0 Å². The molecule has 5 heteroatoms. The molecular formula is C6H7ClN2OS. The zero-order valence-corrected chi connectivity index (χ0v) is 7.19. The van der Waals surface area contributed by atoms with E-state index in [-0.39, 0.29) is 12.4 Å². The molecule has 0 aromatic heterocycles. The first-order valence-corrected chi connectivity index (χ1v) is 3.45. The van der Waals surface area contributed by atoms with Gasteiger partial charge >= 0.3 is 0 Å². The summed E-state index contributed by atoms with van der Waals surface area (Å²) >= 11 is 1.09. The van der Waals surface area contributed by atoms with Crippen molar-refractivity contribution >= 4 is 36.5 Å². The normalized spacial score (nSPS) is 14.7. The second-order valence-corrected chi connectivity index (χ2v) is 2.46. The molecule has 0 fully saturated rings. The van der Waals surface area contributed by atoms with Crippen LogP contribution in [0, 0.1) is 0 Å². The van der Waals surface area contributed by atoms with E-state index >= 15 is 0 Å². The van der Waals surface area contributed by atoms with Crippen LogP contribution in [0.5, 0.6) is 0 Å². The van der Waals surface area contributed by atoms with Crippen LogP contribution in [0.1, 0.15) is 0 Å². The summed E-state index contributed by atoms with van der Waals surface area (Å²) in [5.41, 5.74) is 5.00. The van der Waals surface area contributed by atoms with E-state index in [2.05, 4.69) is 4.40 Å². The molecule has 0 aromatic carbocycles. The third-order valence-corrected chi connectivity index (χ3v) is 1.66. The summed E-state index contributed by atoms with van der Waals surface area (Å²) in [5.74, 6) is -0.436. The monoisotopic (exact) mass is 190 g/mol. The molecule has 1 amide bonds. The SMILES string of the molecule is Cl.NC(=O)C1=CC=CC=NS1. The number of allylic oxidation sites excluding steroid dienone is 3. The van der Waals surface area contributed by atoms with E-state index in [9.17, 15) is 4.79 Å². The van der Waals surface area contributed by atoms with E-state index in [1.54, 1.807) is 24.4 Å². The predicted molar refractivity (Wildman–Crippen MR) is 49.7 cm³/mol. The van der Waals surface area contributed by atoms with Gasteiger partial charge in [-0.15, -0.1) is 12.4 Å². The maximum absolute atomic E-state index is 10.5. The highest BCUT2D eigenvalue weighted by molar-refractivity contribution is 8.02. The number of primary amides is 1. The number of rotatable bonds is 1. The highest BCUT2D eigenvalue weighted by atomic mass is 35.5. The summed E-state index contributed by atoms with van der Waals surface area (Å²) < 4.78 is 3.81. The first-order valence-electron chi connectivity index (χ1n) is 2.68. The van der Waals surface area contributed by atoms with Crippen LogP contribution in [-0.2, 0) is 4.79 Å². The van der Waals surface area contributed by atoms with Crippen molar-refractivity contribution in [3.05, 3.63) is 23.1 Å². The maximum Gasteiger partial charge on any atom is 0.256 e. The fraction of sp³-hybridized carbons (Fsp3) is 0. The van der Waals surface area contributed by atoms with Crippen LogP contribution in [0.3, 0.4) is 0 Å². The zero-order valence-electron chi connectivity index (χ0n) is 5.56. The number of carbonyl (C=O) groups excluding carboxylic acids is 1. The molecule has 0 bridgehead atoms. The van der Waals surface area contributed by atoms with Crippen molar-refractivity contribution in [2.24, 2.45) is 10.1 Å². The molecule has 0 aliphatic carbocycles. The van der Waals surface area contributed by atoms with Crippen molar-refractivity contribution in [3.63, 3.8) is 0 Å². The van der Waals surface area contributed by atoms with Crippen LogP contribution in [0.4, 0.5) is 0 Å². The Balaban J connectivity index is 0.000001000. The summed E-state index contributed by atoms with van der Waals surface area (Å²) in [7, 11) is 0. The molecule has 0 atom stereocenters. The van der Waals surface area contributed by atoms with Gasteiger partial charge in [0.05, 0.1) is 4.91 Å². The Kier molecular flexibility index (Phi) is 4.65. The lowest BCUT2D eigenvalue weighted by molar-refractivity contribution is -0.113. The molecule has 3 nitrogen and oxygen atoms in total. The Morgan fingerprint density at radius 3 is 2.91 bits per heavy atom. The Hall–Kier alpha value is -0.740. The molecule has 0 saturated heterocycles. The van der Waals surface area contributed by atoms with Crippen LogP contribution in [0.25, 0.3) is 0 Å². The van der Waals surface area contributed by atoms with E-state index in [1.807, 2.05) is 0 Å². The first-order chi connectivity index (χ1) is 4.80. The quantitative estimate of drug-likeness (QED) is 0.629. The molecule has 0 aromatic rings. The number of nitrogens with two attached hydrogens (primary N) is 1. The van der Waals surface area contributed by atoms with Crippen molar-refractivity contribution in [1.82, 2.24) is 0 Å². The lowest BCUT2D eigenvalue weighted by atomic mass is 10.4. The molecule has 60 valence electrons. The van der Waals surface area contributed by atoms with Gasteiger partial charge in [0.2, 0.25) is 0 Å². The fourth-order valence-electron chi connectivity index (χ4n) is 0.473. The van der Waals surface area contributed by atoms with Gasteiger partial charge in [-0.2, -0.15) is 0 Å². The standard InChI is InChI=1S/C6H6N2OS.ClH/c7-6(9)5-3-1-2-4-8-10-5;/h1-4H,(H2,7,9);1H. The molecule has 1 rings (SSSR count). The fourth-order valence-corrected chi connectivity index (χ4v) is 0.947. The zero-order chi connectivity index (χ0) is 7.40.